The molecule has 0 fully saturated rings. The van der Waals surface area contributed by atoms with E-state index in [1.165, 1.54) is 17.7 Å². The molecule has 11 nitrogen and oxygen atoms in total. The van der Waals surface area contributed by atoms with Crippen LogP contribution in [0.1, 0.15) is 37.5 Å². The molecule has 0 atom stereocenters. The van der Waals surface area contributed by atoms with Gasteiger partial charge in [-0.3, -0.25) is 19.0 Å². The van der Waals surface area contributed by atoms with Crippen LogP contribution >= 0.6 is 0 Å². The Kier molecular flexibility index (Phi) is 8.24. The average Bonchev–Trinajstić information content (AvgIpc) is 3.00. The first-order chi connectivity index (χ1) is 20.7. The maximum absolute atomic E-state index is 13.0. The van der Waals surface area contributed by atoms with Gasteiger partial charge in [0.2, 0.25) is 5.91 Å². The number of esters is 1. The van der Waals surface area contributed by atoms with Crippen LogP contribution < -0.4 is 21.3 Å². The summed E-state index contributed by atoms with van der Waals surface area (Å²) >= 11 is 0. The molecule has 216 valence electrons. The number of fused-ring (bicyclic) bond motifs is 1. The lowest BCUT2D eigenvalue weighted by atomic mass is 10.1. The first-order valence-electron chi connectivity index (χ1n) is 13.2. The number of nitrogens with two attached hydrogens (primary N) is 1. The maximum Gasteiger partial charge on any atom is 0.337 e. The van der Waals surface area contributed by atoms with E-state index in [-0.39, 0.29) is 30.4 Å². The molecule has 0 spiro atoms. The van der Waals surface area contributed by atoms with Crippen molar-refractivity contribution in [2.75, 3.05) is 7.11 Å². The number of pyridine rings is 1. The summed E-state index contributed by atoms with van der Waals surface area (Å²) in [5.41, 5.74) is 8.77. The summed E-state index contributed by atoms with van der Waals surface area (Å²) < 4.78 is 12.0. The zero-order valence-electron chi connectivity index (χ0n) is 23.4. The molecule has 2 heterocycles. The number of aryl methyl sites for hydroxylation is 1. The fourth-order valence-corrected chi connectivity index (χ4v) is 4.44. The second-order valence-electron chi connectivity index (χ2n) is 9.64. The number of hydrogen-bond donors (Lipinski definition) is 2. The molecular weight excluding hydrogens is 550 g/mol. The van der Waals surface area contributed by atoms with E-state index in [4.69, 9.17) is 15.2 Å². The second-order valence-corrected chi connectivity index (χ2v) is 9.64. The van der Waals surface area contributed by atoms with Crippen LogP contribution in [0, 0.1) is 6.92 Å². The highest BCUT2D eigenvalue weighted by atomic mass is 16.5. The van der Waals surface area contributed by atoms with E-state index in [2.05, 4.69) is 15.3 Å². The van der Waals surface area contributed by atoms with Crippen molar-refractivity contribution in [3.05, 3.63) is 123 Å². The molecule has 0 saturated heterocycles. The Labute approximate surface area is 245 Å². The number of aromatic nitrogens is 3. The number of hydrogen-bond acceptors (Lipinski definition) is 8. The summed E-state index contributed by atoms with van der Waals surface area (Å²) in [4.78, 5) is 57.5. The molecule has 3 N–H and O–H groups in total. The van der Waals surface area contributed by atoms with Crippen LogP contribution in [-0.4, -0.2) is 39.4 Å². The molecule has 0 bridgehead atoms. The Morgan fingerprint density at radius 2 is 1.49 bits per heavy atom. The van der Waals surface area contributed by atoms with Crippen LogP contribution in [0.4, 0.5) is 0 Å². The number of ether oxygens (including phenoxy) is 2. The minimum atomic E-state index is -0.433. The third-order valence-corrected chi connectivity index (χ3v) is 6.65. The number of carbonyl (C=O) groups excluding carboxylic acids is 3. The number of nitrogens with one attached hydrogen (secondary N) is 1. The fraction of sp³-hybridized carbons (Fsp3) is 0.125. The van der Waals surface area contributed by atoms with Crippen LogP contribution in [-0.2, 0) is 22.5 Å². The van der Waals surface area contributed by atoms with Gasteiger partial charge in [-0.05, 0) is 72.6 Å². The number of methoxy groups -OCH3 is 1. The highest BCUT2D eigenvalue weighted by molar-refractivity contribution is 5.94. The minimum Gasteiger partial charge on any atom is -0.465 e. The Morgan fingerprint density at radius 1 is 0.837 bits per heavy atom. The predicted octanol–water partition coefficient (Wildman–Crippen LogP) is 3.63. The third-order valence-electron chi connectivity index (χ3n) is 6.65. The fourth-order valence-electron chi connectivity index (χ4n) is 4.44. The molecular formula is C32H27N5O6. The minimum absolute atomic E-state index is 0.0441. The highest BCUT2D eigenvalue weighted by Gasteiger charge is 2.14. The van der Waals surface area contributed by atoms with Gasteiger partial charge in [-0.1, -0.05) is 24.3 Å². The zero-order chi connectivity index (χ0) is 30.5. The molecule has 0 aliphatic rings. The SMILES string of the molecule is COC(=O)c1ccc(CNC(=O)c2ccc(-n3c(=O)ccc4c(C)nc(Oc5ccc(CC(N)=O)cc5)nc43)cc2)cc1. The van der Waals surface area contributed by atoms with Gasteiger partial charge in [0, 0.05) is 23.6 Å². The molecule has 5 rings (SSSR count). The smallest absolute Gasteiger partial charge is 0.337 e. The molecule has 0 aliphatic heterocycles. The first-order valence-corrected chi connectivity index (χ1v) is 13.2. The van der Waals surface area contributed by atoms with Gasteiger partial charge in [0.15, 0.2) is 5.65 Å². The van der Waals surface area contributed by atoms with E-state index in [0.29, 0.717) is 39.3 Å². The molecule has 0 saturated carbocycles. The van der Waals surface area contributed by atoms with Crippen molar-refractivity contribution >= 4 is 28.8 Å². The average molecular weight is 578 g/mol. The summed E-state index contributed by atoms with van der Waals surface area (Å²) in [5.74, 6) is -0.715. The van der Waals surface area contributed by atoms with Crippen LogP contribution in [0.25, 0.3) is 16.7 Å². The van der Waals surface area contributed by atoms with Crippen molar-refractivity contribution in [2.24, 2.45) is 5.73 Å². The third kappa shape index (κ3) is 6.57. The maximum atomic E-state index is 13.0. The number of amides is 2. The summed E-state index contributed by atoms with van der Waals surface area (Å²) in [5, 5.41) is 3.50. The van der Waals surface area contributed by atoms with Crippen LogP contribution in [0.2, 0.25) is 0 Å². The first kappa shape index (κ1) is 28.7. The second kappa shape index (κ2) is 12.4. The molecule has 43 heavy (non-hydrogen) atoms. The number of carbonyl (C=O) groups is 3. The molecule has 2 amide bonds. The van der Waals surface area contributed by atoms with Gasteiger partial charge in [-0.2, -0.15) is 9.97 Å². The molecule has 0 radical (unpaired) electrons. The summed E-state index contributed by atoms with van der Waals surface area (Å²) in [6, 6.07) is 23.3. The van der Waals surface area contributed by atoms with E-state index in [0.717, 1.165) is 11.1 Å². The van der Waals surface area contributed by atoms with Crippen molar-refractivity contribution < 1.29 is 23.9 Å². The van der Waals surface area contributed by atoms with E-state index in [1.54, 1.807) is 85.8 Å². The largest absolute Gasteiger partial charge is 0.465 e. The predicted molar refractivity (Wildman–Crippen MR) is 158 cm³/mol. The topological polar surface area (TPSA) is 156 Å². The quantitative estimate of drug-likeness (QED) is 0.252. The summed E-state index contributed by atoms with van der Waals surface area (Å²) in [6.45, 7) is 2.05. The zero-order valence-corrected chi connectivity index (χ0v) is 23.4. The number of rotatable bonds is 9. The molecule has 11 heteroatoms. The summed E-state index contributed by atoms with van der Waals surface area (Å²) in [6.07, 6.45) is 0.116. The Hall–Kier alpha value is -5.84. The van der Waals surface area contributed by atoms with E-state index < -0.39 is 11.9 Å². The Bertz CT molecular complexity index is 1880. The van der Waals surface area contributed by atoms with Crippen LogP contribution in [0.5, 0.6) is 11.8 Å². The van der Waals surface area contributed by atoms with Gasteiger partial charge in [0.05, 0.1) is 30.5 Å². The number of benzene rings is 3. The van der Waals surface area contributed by atoms with Gasteiger partial charge >= 0.3 is 12.0 Å². The van der Waals surface area contributed by atoms with Crippen molar-refractivity contribution in [1.29, 1.82) is 0 Å². The van der Waals surface area contributed by atoms with E-state index in [1.807, 2.05) is 0 Å². The lowest BCUT2D eigenvalue weighted by Gasteiger charge is -2.13. The number of nitrogens with zero attached hydrogens (tertiary/aromatic N) is 3. The van der Waals surface area contributed by atoms with Crippen molar-refractivity contribution in [2.45, 2.75) is 19.9 Å². The van der Waals surface area contributed by atoms with Crippen LogP contribution in [0.15, 0.2) is 89.7 Å². The number of primary amides is 1. The molecule has 0 unspecified atom stereocenters. The molecule has 0 aliphatic carbocycles. The highest BCUT2D eigenvalue weighted by Crippen LogP contribution is 2.24. The van der Waals surface area contributed by atoms with Crippen LogP contribution in [0.3, 0.4) is 0 Å². The Balaban J connectivity index is 1.36. The molecule has 2 aromatic heterocycles. The molecule has 3 aromatic carbocycles. The summed E-state index contributed by atoms with van der Waals surface area (Å²) in [7, 11) is 1.32. The van der Waals surface area contributed by atoms with Crippen molar-refractivity contribution in [3.8, 4) is 17.4 Å². The van der Waals surface area contributed by atoms with Crippen molar-refractivity contribution in [1.82, 2.24) is 19.9 Å². The monoisotopic (exact) mass is 577 g/mol. The lowest BCUT2D eigenvalue weighted by molar-refractivity contribution is -0.117. The normalized spacial score (nSPS) is 10.7. The van der Waals surface area contributed by atoms with Gasteiger partial charge < -0.3 is 20.5 Å². The lowest BCUT2D eigenvalue weighted by Crippen LogP contribution is -2.23. The van der Waals surface area contributed by atoms with E-state index >= 15 is 0 Å². The van der Waals surface area contributed by atoms with Gasteiger partial charge in [-0.25, -0.2) is 4.79 Å². The van der Waals surface area contributed by atoms with Gasteiger partial charge in [-0.15, -0.1) is 0 Å². The standard InChI is InChI=1S/C32H27N5O6/c1-19-26-15-16-28(39)37(29(26)36-32(35-19)43-25-13-5-20(6-14-25)17-27(33)38)24-11-9-22(10-12-24)30(40)34-18-21-3-7-23(8-4-21)31(41)42-2/h3-16H,17-18H2,1-2H3,(H2,33,38)(H,34,40). The van der Waals surface area contributed by atoms with Gasteiger partial charge in [0.25, 0.3) is 11.5 Å². The Morgan fingerprint density at radius 3 is 2.14 bits per heavy atom. The van der Waals surface area contributed by atoms with E-state index in [9.17, 15) is 19.2 Å². The van der Waals surface area contributed by atoms with Crippen molar-refractivity contribution in [3.63, 3.8) is 0 Å². The molecule has 5 aromatic rings. The van der Waals surface area contributed by atoms with Gasteiger partial charge in [0.1, 0.15) is 5.75 Å².